The summed E-state index contributed by atoms with van der Waals surface area (Å²) in [5.74, 6) is -0.463. The number of amides is 1. The summed E-state index contributed by atoms with van der Waals surface area (Å²) in [6.45, 7) is 9.99. The minimum atomic E-state index is -0.432. The maximum Gasteiger partial charge on any atom is 0.338 e. The van der Waals surface area contributed by atoms with Crippen LogP contribution in [0.5, 0.6) is 0 Å². The maximum atomic E-state index is 13.5. The normalized spacial score (nSPS) is 17.2. The summed E-state index contributed by atoms with van der Waals surface area (Å²) in [5, 5.41) is 5.69. The van der Waals surface area contributed by atoms with Crippen LogP contribution in [0.4, 0.5) is 0 Å². The predicted octanol–water partition coefficient (Wildman–Crippen LogP) is 5.54. The van der Waals surface area contributed by atoms with Gasteiger partial charge in [-0.25, -0.2) is 9.79 Å². The van der Waals surface area contributed by atoms with E-state index in [4.69, 9.17) is 9.73 Å². The van der Waals surface area contributed by atoms with Crippen LogP contribution in [0.3, 0.4) is 0 Å². The highest BCUT2D eigenvalue weighted by Crippen LogP contribution is 2.45. The molecule has 4 rings (SSSR count). The lowest BCUT2D eigenvalue weighted by Gasteiger charge is -2.37. The Morgan fingerprint density at radius 2 is 1.86 bits per heavy atom. The highest BCUT2D eigenvalue weighted by atomic mass is 32.2. The topological polar surface area (TPSA) is 71.0 Å². The van der Waals surface area contributed by atoms with Gasteiger partial charge in [-0.2, -0.15) is 0 Å². The Morgan fingerprint density at radius 3 is 2.57 bits per heavy atom. The number of aliphatic imine (C=N–C) groups is 1. The van der Waals surface area contributed by atoms with E-state index in [0.29, 0.717) is 11.3 Å². The number of carbonyl (C=O) groups excluding carboxylic acids is 2. The van der Waals surface area contributed by atoms with Gasteiger partial charge in [0.05, 0.1) is 23.7 Å². The smallest absolute Gasteiger partial charge is 0.338 e. The summed E-state index contributed by atoms with van der Waals surface area (Å²) in [6, 6.07) is 15.5. The fourth-order valence-electron chi connectivity index (χ4n) is 4.32. The van der Waals surface area contributed by atoms with Crippen molar-refractivity contribution in [2.24, 2.45) is 4.99 Å². The van der Waals surface area contributed by atoms with E-state index in [1.54, 1.807) is 0 Å². The summed E-state index contributed by atoms with van der Waals surface area (Å²) >= 11 is 1.48. The van der Waals surface area contributed by atoms with Gasteiger partial charge in [-0.05, 0) is 56.7 Å². The Morgan fingerprint density at radius 1 is 1.11 bits per heavy atom. The number of nitrogens with zero attached hydrogens (tertiary/aromatic N) is 2. The van der Waals surface area contributed by atoms with Crippen LogP contribution in [0.2, 0.25) is 0 Å². The Labute approximate surface area is 211 Å². The molecule has 2 aliphatic heterocycles. The van der Waals surface area contributed by atoms with E-state index >= 15 is 0 Å². The third-order valence-corrected chi connectivity index (χ3v) is 6.84. The monoisotopic (exact) mass is 489 g/mol. The molecule has 0 saturated heterocycles. The summed E-state index contributed by atoms with van der Waals surface area (Å²) in [6.07, 6.45) is 0.205. The summed E-state index contributed by atoms with van der Waals surface area (Å²) in [5.41, 5.74) is 6.03. The number of hydrogen-bond acceptors (Lipinski definition) is 6. The number of benzene rings is 2. The van der Waals surface area contributed by atoms with Crippen molar-refractivity contribution in [1.82, 2.24) is 10.2 Å². The molecule has 35 heavy (non-hydrogen) atoms. The van der Waals surface area contributed by atoms with E-state index in [0.717, 1.165) is 33.1 Å². The number of rotatable bonds is 7. The second-order valence-electron chi connectivity index (χ2n) is 9.21. The third-order valence-electron chi connectivity index (χ3n) is 5.95. The molecule has 1 amide bonds. The molecular formula is C28H31N3O3S. The van der Waals surface area contributed by atoms with Crippen molar-refractivity contribution < 1.29 is 14.3 Å². The van der Waals surface area contributed by atoms with E-state index in [-0.39, 0.29) is 25.0 Å². The third kappa shape index (κ3) is 5.51. The van der Waals surface area contributed by atoms with Gasteiger partial charge in [-0.15, -0.1) is 0 Å². The molecule has 182 valence electrons. The zero-order valence-corrected chi connectivity index (χ0v) is 21.6. The SMILES string of the molecule is CC1=C(C(=O)OCc2ccccc2)[C@@H](c2cc(C)ccc2C)N2C(CC(=O)NC(C)C)=CSC2=N1. The quantitative estimate of drug-likeness (QED) is 0.518. The number of thioether (sulfide) groups is 1. The van der Waals surface area contributed by atoms with Gasteiger partial charge in [0.25, 0.3) is 0 Å². The zero-order chi connectivity index (χ0) is 25.1. The number of amidine groups is 1. The standard InChI is InChI=1S/C28H31N3O3S/c1-17(2)29-24(32)14-22-16-35-28-30-20(5)25(27(33)34-15-21-9-7-6-8-10-21)26(31(22)28)23-13-18(3)11-12-19(23)4/h6-13,16-17,26H,14-15H2,1-5H3,(H,29,32)/t26-/m1/s1. The van der Waals surface area contributed by atoms with E-state index in [9.17, 15) is 9.59 Å². The second kappa shape index (κ2) is 10.5. The Hall–Kier alpha value is -3.32. The lowest BCUT2D eigenvalue weighted by molar-refractivity contribution is -0.141. The van der Waals surface area contributed by atoms with Crippen molar-refractivity contribution in [3.8, 4) is 0 Å². The van der Waals surface area contributed by atoms with E-state index < -0.39 is 12.0 Å². The van der Waals surface area contributed by atoms with Gasteiger partial charge in [-0.1, -0.05) is 65.9 Å². The Kier molecular flexibility index (Phi) is 7.45. The van der Waals surface area contributed by atoms with E-state index in [2.05, 4.69) is 23.5 Å². The molecule has 0 bridgehead atoms. The maximum absolute atomic E-state index is 13.5. The fraction of sp³-hybridized carbons (Fsp3) is 0.321. The number of hydrogen-bond donors (Lipinski definition) is 1. The molecule has 1 atom stereocenters. The molecular weight excluding hydrogens is 458 g/mol. The van der Waals surface area contributed by atoms with Gasteiger partial charge in [0.2, 0.25) is 5.91 Å². The minimum Gasteiger partial charge on any atom is -0.457 e. The summed E-state index contributed by atoms with van der Waals surface area (Å²) in [7, 11) is 0. The highest BCUT2D eigenvalue weighted by Gasteiger charge is 2.41. The number of carbonyl (C=O) groups is 2. The Bertz CT molecular complexity index is 1230. The first-order chi connectivity index (χ1) is 16.7. The van der Waals surface area contributed by atoms with E-state index in [1.807, 2.05) is 75.3 Å². The molecule has 0 spiro atoms. The molecule has 0 aromatic heterocycles. The van der Waals surface area contributed by atoms with Gasteiger partial charge < -0.3 is 15.0 Å². The zero-order valence-electron chi connectivity index (χ0n) is 20.8. The largest absolute Gasteiger partial charge is 0.457 e. The van der Waals surface area contributed by atoms with Crippen LogP contribution < -0.4 is 5.32 Å². The number of aryl methyl sites for hydroxylation is 2. The summed E-state index contributed by atoms with van der Waals surface area (Å²) in [4.78, 5) is 33.0. The van der Waals surface area contributed by atoms with Crippen molar-refractivity contribution in [2.75, 3.05) is 0 Å². The molecule has 0 fully saturated rings. The van der Waals surface area contributed by atoms with Crippen molar-refractivity contribution in [2.45, 2.75) is 59.7 Å². The van der Waals surface area contributed by atoms with Crippen LogP contribution >= 0.6 is 11.8 Å². The number of ether oxygens (including phenoxy) is 1. The minimum absolute atomic E-state index is 0.0483. The van der Waals surface area contributed by atoms with Crippen LogP contribution in [0.25, 0.3) is 0 Å². The molecule has 1 N–H and O–H groups in total. The molecule has 0 aliphatic carbocycles. The molecule has 2 aromatic carbocycles. The number of allylic oxidation sites excluding steroid dienone is 1. The van der Waals surface area contributed by atoms with Crippen LogP contribution in [-0.2, 0) is 20.9 Å². The molecule has 2 aliphatic rings. The predicted molar refractivity (Wildman–Crippen MR) is 140 cm³/mol. The van der Waals surface area contributed by atoms with Crippen LogP contribution in [0.1, 0.15) is 55.5 Å². The van der Waals surface area contributed by atoms with Gasteiger partial charge in [-0.3, -0.25) is 4.79 Å². The molecule has 6 nitrogen and oxygen atoms in total. The van der Waals surface area contributed by atoms with E-state index in [1.165, 1.54) is 11.8 Å². The second-order valence-corrected chi connectivity index (χ2v) is 10.1. The van der Waals surface area contributed by atoms with Crippen molar-refractivity contribution in [3.63, 3.8) is 0 Å². The Balaban J connectivity index is 1.72. The highest BCUT2D eigenvalue weighted by molar-refractivity contribution is 8.16. The lowest BCUT2D eigenvalue weighted by atomic mass is 9.90. The number of fused-ring (bicyclic) bond motifs is 1. The van der Waals surface area contributed by atoms with Gasteiger partial charge in [0, 0.05) is 11.7 Å². The molecule has 0 saturated carbocycles. The van der Waals surface area contributed by atoms with Gasteiger partial charge in [0.1, 0.15) is 6.61 Å². The van der Waals surface area contributed by atoms with Gasteiger partial charge >= 0.3 is 5.97 Å². The van der Waals surface area contributed by atoms with Crippen LogP contribution in [0.15, 0.2) is 75.9 Å². The first-order valence-electron chi connectivity index (χ1n) is 11.8. The molecule has 0 radical (unpaired) electrons. The first-order valence-corrected chi connectivity index (χ1v) is 12.6. The van der Waals surface area contributed by atoms with Crippen molar-refractivity contribution in [1.29, 1.82) is 0 Å². The van der Waals surface area contributed by atoms with Crippen molar-refractivity contribution in [3.05, 3.63) is 93.2 Å². The average Bonchev–Trinajstić information content (AvgIpc) is 3.20. The molecule has 7 heteroatoms. The van der Waals surface area contributed by atoms with Crippen molar-refractivity contribution >= 4 is 28.8 Å². The molecule has 0 unspecified atom stereocenters. The molecule has 2 aromatic rings. The van der Waals surface area contributed by atoms with Gasteiger partial charge in [0.15, 0.2) is 5.17 Å². The lowest BCUT2D eigenvalue weighted by Crippen LogP contribution is -2.39. The number of nitrogens with one attached hydrogen (secondary N) is 1. The molecule has 2 heterocycles. The first kappa shape index (κ1) is 24.8. The fourth-order valence-corrected chi connectivity index (χ4v) is 5.28. The van der Waals surface area contributed by atoms with Crippen LogP contribution in [-0.4, -0.2) is 28.0 Å². The van der Waals surface area contributed by atoms with Crippen LogP contribution in [0, 0.1) is 13.8 Å². The number of esters is 1. The average molecular weight is 490 g/mol. The summed E-state index contributed by atoms with van der Waals surface area (Å²) < 4.78 is 5.78.